The van der Waals surface area contributed by atoms with Crippen LogP contribution >= 0.6 is 0 Å². The molecule has 0 atom stereocenters. The van der Waals surface area contributed by atoms with E-state index < -0.39 is 17.5 Å². The summed E-state index contributed by atoms with van der Waals surface area (Å²) in [5, 5.41) is 23.6. The third-order valence-corrected chi connectivity index (χ3v) is 0.642. The van der Waals surface area contributed by atoms with Gasteiger partial charge in [0.25, 0.3) is 0 Å². The first-order valence-electron chi connectivity index (χ1n) is 2.81. The molecule has 0 bridgehead atoms. The minimum Gasteiger partial charge on any atom is -0.565 e. The summed E-state index contributed by atoms with van der Waals surface area (Å²) < 4.78 is 0. The monoisotopic (exact) mass is 186 g/mol. The van der Waals surface area contributed by atoms with E-state index in [0.717, 1.165) is 0 Å². The fourth-order valence-corrected chi connectivity index (χ4v) is 0. The van der Waals surface area contributed by atoms with Crippen molar-refractivity contribution in [2.24, 2.45) is 5.41 Å². The van der Waals surface area contributed by atoms with Gasteiger partial charge in [0.05, 0.1) is 5.41 Å². The maximum atomic E-state index is 10.0. The van der Waals surface area contributed by atoms with Gasteiger partial charge in [0.15, 0.2) is 0 Å². The summed E-state index contributed by atoms with van der Waals surface area (Å²) >= 11 is 0. The fourth-order valence-electron chi connectivity index (χ4n) is 0. The standard InChI is InChI=1S/C5H10O2.CH2O3.Na/c1-5(2,3)4(6)7;2-1(3)4;/h1-3H3,(H,6,7);(H2,2,3,4);/q;;+1/p-1. The maximum absolute atomic E-state index is 10.0. The van der Waals surface area contributed by atoms with Gasteiger partial charge in [-0.15, -0.1) is 0 Å². The van der Waals surface area contributed by atoms with E-state index >= 15 is 0 Å². The molecule has 0 aromatic rings. The molecule has 0 unspecified atom stereocenters. The third-order valence-electron chi connectivity index (χ3n) is 0.642. The van der Waals surface area contributed by atoms with Crippen molar-refractivity contribution in [1.29, 1.82) is 0 Å². The Labute approximate surface area is 92.7 Å². The summed E-state index contributed by atoms with van der Waals surface area (Å²) in [6.07, 6.45) is -2.08. The molecule has 0 aliphatic rings. The zero-order chi connectivity index (χ0) is 9.65. The number of hydrogen-bond donors (Lipinski definition) is 2. The van der Waals surface area contributed by atoms with Gasteiger partial charge in [-0.1, -0.05) is 0 Å². The second kappa shape index (κ2) is 7.39. The van der Waals surface area contributed by atoms with E-state index in [4.69, 9.17) is 20.1 Å². The van der Waals surface area contributed by atoms with Crippen LogP contribution in [0.1, 0.15) is 20.8 Å². The SMILES string of the molecule is CC(C)(C)C(=O)O.O=C([O-])O.[Na+]. The zero-order valence-electron chi connectivity index (χ0n) is 7.62. The van der Waals surface area contributed by atoms with Gasteiger partial charge < -0.3 is 20.1 Å². The second-order valence-electron chi connectivity index (χ2n) is 2.82. The van der Waals surface area contributed by atoms with Crippen LogP contribution in [-0.2, 0) is 4.79 Å². The molecule has 0 saturated heterocycles. The summed E-state index contributed by atoms with van der Waals surface area (Å²) in [6, 6.07) is 0. The molecule has 0 spiro atoms. The quantitative estimate of drug-likeness (QED) is 0.393. The molecule has 0 aromatic carbocycles. The molecule has 0 amide bonds. The van der Waals surface area contributed by atoms with E-state index in [1.807, 2.05) is 0 Å². The van der Waals surface area contributed by atoms with E-state index in [2.05, 4.69) is 0 Å². The van der Waals surface area contributed by atoms with Gasteiger partial charge in [-0.3, -0.25) is 4.79 Å². The molecule has 2 N–H and O–H groups in total. The van der Waals surface area contributed by atoms with Crippen molar-refractivity contribution < 1.29 is 54.5 Å². The summed E-state index contributed by atoms with van der Waals surface area (Å²) in [4.78, 5) is 18.5. The molecule has 0 radical (unpaired) electrons. The van der Waals surface area contributed by atoms with Gasteiger partial charge in [-0.25, -0.2) is 0 Å². The molecule has 0 fully saturated rings. The normalized spacial score (nSPS) is 8.58. The molecular formula is C6H11NaO5. The van der Waals surface area contributed by atoms with Gasteiger partial charge in [-0.05, 0) is 20.8 Å². The van der Waals surface area contributed by atoms with Gasteiger partial charge in [0.1, 0.15) is 0 Å². The van der Waals surface area contributed by atoms with Crippen LogP contribution in [-0.4, -0.2) is 22.3 Å². The smallest absolute Gasteiger partial charge is 0.565 e. The zero-order valence-corrected chi connectivity index (χ0v) is 9.62. The van der Waals surface area contributed by atoms with Crippen LogP contribution in [0.2, 0.25) is 0 Å². The van der Waals surface area contributed by atoms with E-state index in [0.29, 0.717) is 0 Å². The summed E-state index contributed by atoms with van der Waals surface area (Å²) in [7, 11) is 0. The Kier molecular flexibility index (Phi) is 10.9. The topological polar surface area (TPSA) is 97.7 Å². The molecule has 5 nitrogen and oxygen atoms in total. The van der Waals surface area contributed by atoms with Crippen molar-refractivity contribution >= 4 is 12.1 Å². The van der Waals surface area contributed by atoms with E-state index in [9.17, 15) is 4.79 Å². The Bertz CT molecular complexity index is 145. The van der Waals surface area contributed by atoms with Gasteiger partial charge in [0, 0.05) is 0 Å². The Hall–Kier alpha value is -0.260. The Morgan fingerprint density at radius 1 is 1.17 bits per heavy atom. The number of aliphatic carboxylic acids is 1. The van der Waals surface area contributed by atoms with Crippen LogP contribution in [0.25, 0.3) is 0 Å². The Morgan fingerprint density at radius 2 is 1.25 bits per heavy atom. The third kappa shape index (κ3) is 22.6. The summed E-state index contributed by atoms with van der Waals surface area (Å²) in [5.74, 6) is -0.757. The summed E-state index contributed by atoms with van der Waals surface area (Å²) in [5.41, 5.74) is -0.583. The molecule has 0 rings (SSSR count). The van der Waals surface area contributed by atoms with Crippen LogP contribution in [0.15, 0.2) is 0 Å². The number of rotatable bonds is 0. The molecule has 0 aliphatic carbocycles. The molecule has 0 aromatic heterocycles. The Morgan fingerprint density at radius 3 is 1.25 bits per heavy atom. The fraction of sp³-hybridized carbons (Fsp3) is 0.667. The van der Waals surface area contributed by atoms with Crippen LogP contribution in [0.5, 0.6) is 0 Å². The Balaban J connectivity index is -0.000000142. The van der Waals surface area contributed by atoms with Crippen LogP contribution < -0.4 is 34.7 Å². The maximum Gasteiger partial charge on any atom is 1.00 e. The van der Waals surface area contributed by atoms with Gasteiger partial charge >= 0.3 is 35.5 Å². The first kappa shape index (κ1) is 17.7. The predicted molar refractivity (Wildman–Crippen MR) is 35.1 cm³/mol. The predicted octanol–water partition coefficient (Wildman–Crippen LogP) is -2.99. The molecule has 66 valence electrons. The van der Waals surface area contributed by atoms with Crippen molar-refractivity contribution in [3.63, 3.8) is 0 Å². The molecule has 6 heteroatoms. The second-order valence-corrected chi connectivity index (χ2v) is 2.82. The van der Waals surface area contributed by atoms with Crippen molar-refractivity contribution in [3.8, 4) is 0 Å². The largest absolute Gasteiger partial charge is 1.00 e. The molecule has 0 saturated carbocycles. The van der Waals surface area contributed by atoms with Crippen LogP contribution in [0.4, 0.5) is 4.79 Å². The van der Waals surface area contributed by atoms with E-state index in [1.165, 1.54) is 0 Å². The van der Waals surface area contributed by atoms with Crippen molar-refractivity contribution in [2.45, 2.75) is 20.8 Å². The molecular weight excluding hydrogens is 175 g/mol. The van der Waals surface area contributed by atoms with Gasteiger partial charge in [-0.2, -0.15) is 0 Å². The summed E-state index contributed by atoms with van der Waals surface area (Å²) in [6.45, 7) is 4.99. The number of carboxylic acid groups (broad SMARTS) is 3. The van der Waals surface area contributed by atoms with Crippen LogP contribution in [0, 0.1) is 5.41 Å². The van der Waals surface area contributed by atoms with Crippen molar-refractivity contribution in [2.75, 3.05) is 0 Å². The van der Waals surface area contributed by atoms with E-state index in [-0.39, 0.29) is 29.6 Å². The minimum atomic E-state index is -2.08. The minimum absolute atomic E-state index is 0. The van der Waals surface area contributed by atoms with Crippen molar-refractivity contribution in [3.05, 3.63) is 0 Å². The number of carbonyl (C=O) groups is 2. The van der Waals surface area contributed by atoms with Gasteiger partial charge in [0.2, 0.25) is 6.16 Å². The average molecular weight is 186 g/mol. The first-order chi connectivity index (χ1) is 4.68. The first-order valence-corrected chi connectivity index (χ1v) is 2.81. The molecule has 0 heterocycles. The molecule has 12 heavy (non-hydrogen) atoms. The van der Waals surface area contributed by atoms with Crippen molar-refractivity contribution in [1.82, 2.24) is 0 Å². The van der Waals surface area contributed by atoms with Crippen LogP contribution in [0.3, 0.4) is 0 Å². The van der Waals surface area contributed by atoms with E-state index in [1.54, 1.807) is 20.8 Å². The number of carboxylic acids is 1. The number of hydrogen-bond acceptors (Lipinski definition) is 3. The molecule has 0 aliphatic heterocycles. The average Bonchev–Trinajstić information content (AvgIpc) is 1.59.